The minimum absolute atomic E-state index is 0.123. The monoisotopic (exact) mass is 321 g/mol. The topological polar surface area (TPSA) is 38.8 Å². The van der Waals surface area contributed by atoms with Gasteiger partial charge in [-0.05, 0) is 47.5 Å². The zero-order chi connectivity index (χ0) is 16.3. The molecule has 0 aliphatic carbocycles. The van der Waals surface area contributed by atoms with Crippen molar-refractivity contribution in [1.29, 1.82) is 0 Å². The lowest BCUT2D eigenvalue weighted by molar-refractivity contribution is -0.0626. The molecule has 1 aliphatic rings. The Morgan fingerprint density at radius 1 is 1.52 bits per heavy atom. The predicted molar refractivity (Wildman–Crippen MR) is 81.0 cm³/mol. The van der Waals surface area contributed by atoms with Crippen molar-refractivity contribution in [3.8, 4) is 0 Å². The molecule has 0 saturated carbocycles. The number of ether oxygens (including phenoxy) is 2. The fourth-order valence-electron chi connectivity index (χ4n) is 2.26. The van der Waals surface area contributed by atoms with Crippen LogP contribution in [0.5, 0.6) is 0 Å². The Labute approximate surface area is 131 Å². The smallest absolute Gasteiger partial charge is 0.412 e. The van der Waals surface area contributed by atoms with Gasteiger partial charge >= 0.3 is 6.09 Å². The van der Waals surface area contributed by atoms with Crippen LogP contribution in [0, 0.1) is 0 Å². The lowest BCUT2D eigenvalue weighted by Crippen LogP contribution is -2.49. The highest BCUT2D eigenvalue weighted by Gasteiger charge is 2.45. The first-order valence-corrected chi connectivity index (χ1v) is 7.67. The molecule has 1 aliphatic heterocycles. The van der Waals surface area contributed by atoms with Crippen molar-refractivity contribution in [2.24, 2.45) is 0 Å². The van der Waals surface area contributed by atoms with Crippen LogP contribution >= 0.6 is 11.6 Å². The molecule has 0 aromatic rings. The maximum atomic E-state index is 13.0. The van der Waals surface area contributed by atoms with E-state index in [-0.39, 0.29) is 17.7 Å². The third-order valence-corrected chi connectivity index (χ3v) is 3.41. The SMILES string of the molecule is CC(C)(C)OC(=O)N1C(CCC=C(F)CCl)COC1(C)C. The van der Waals surface area contributed by atoms with Crippen molar-refractivity contribution in [2.45, 2.75) is 64.8 Å². The van der Waals surface area contributed by atoms with Gasteiger partial charge in [0.2, 0.25) is 0 Å². The van der Waals surface area contributed by atoms with Crippen LogP contribution in [0.2, 0.25) is 0 Å². The molecule has 1 fully saturated rings. The summed E-state index contributed by atoms with van der Waals surface area (Å²) in [6, 6.07) is -0.130. The van der Waals surface area contributed by atoms with Crippen LogP contribution in [0.15, 0.2) is 11.9 Å². The van der Waals surface area contributed by atoms with Gasteiger partial charge in [-0.1, -0.05) is 6.08 Å². The minimum Gasteiger partial charge on any atom is -0.444 e. The number of hydrogen-bond acceptors (Lipinski definition) is 3. The van der Waals surface area contributed by atoms with E-state index in [2.05, 4.69) is 0 Å². The summed E-state index contributed by atoms with van der Waals surface area (Å²) in [7, 11) is 0. The summed E-state index contributed by atoms with van der Waals surface area (Å²) in [6.07, 6.45) is 2.15. The highest BCUT2D eigenvalue weighted by molar-refractivity contribution is 6.19. The molecule has 4 nitrogen and oxygen atoms in total. The molecule has 1 saturated heterocycles. The van der Waals surface area contributed by atoms with E-state index in [0.717, 1.165) is 0 Å². The van der Waals surface area contributed by atoms with Crippen LogP contribution in [0.25, 0.3) is 0 Å². The van der Waals surface area contributed by atoms with Crippen molar-refractivity contribution in [3.05, 3.63) is 11.9 Å². The zero-order valence-corrected chi connectivity index (χ0v) is 14.2. The predicted octanol–water partition coefficient (Wildman–Crippen LogP) is 4.23. The number of alkyl halides is 1. The average molecular weight is 322 g/mol. The number of nitrogens with zero attached hydrogens (tertiary/aromatic N) is 1. The number of amides is 1. The van der Waals surface area contributed by atoms with Crippen molar-refractivity contribution >= 4 is 17.7 Å². The van der Waals surface area contributed by atoms with Crippen LogP contribution in [0.3, 0.4) is 0 Å². The maximum absolute atomic E-state index is 13.0. The molecule has 1 amide bonds. The highest BCUT2D eigenvalue weighted by atomic mass is 35.5. The average Bonchev–Trinajstić information content (AvgIpc) is 2.62. The number of carbonyl (C=O) groups excluding carboxylic acids is 1. The van der Waals surface area contributed by atoms with E-state index in [1.807, 2.05) is 34.6 Å². The van der Waals surface area contributed by atoms with E-state index in [9.17, 15) is 9.18 Å². The summed E-state index contributed by atoms with van der Waals surface area (Å²) in [5, 5.41) is 0. The maximum Gasteiger partial charge on any atom is 0.412 e. The van der Waals surface area contributed by atoms with Crippen LogP contribution in [-0.2, 0) is 9.47 Å². The van der Waals surface area contributed by atoms with Gasteiger partial charge in [0.25, 0.3) is 0 Å². The fourth-order valence-corrected chi connectivity index (χ4v) is 2.37. The molecular weight excluding hydrogens is 297 g/mol. The molecule has 6 heteroatoms. The van der Waals surface area contributed by atoms with Gasteiger partial charge in [-0.3, -0.25) is 4.90 Å². The van der Waals surface area contributed by atoms with Crippen LogP contribution in [0.4, 0.5) is 9.18 Å². The summed E-state index contributed by atoms with van der Waals surface area (Å²) < 4.78 is 24.1. The third-order valence-electron chi connectivity index (χ3n) is 3.16. The summed E-state index contributed by atoms with van der Waals surface area (Å²) in [6.45, 7) is 9.54. The molecule has 1 rings (SSSR count). The van der Waals surface area contributed by atoms with E-state index >= 15 is 0 Å². The number of hydrogen-bond donors (Lipinski definition) is 0. The van der Waals surface area contributed by atoms with E-state index in [1.54, 1.807) is 4.90 Å². The van der Waals surface area contributed by atoms with E-state index < -0.39 is 17.4 Å². The summed E-state index contributed by atoms with van der Waals surface area (Å²) >= 11 is 5.39. The number of allylic oxidation sites excluding steroid dienone is 2. The highest BCUT2D eigenvalue weighted by Crippen LogP contribution is 2.31. The second-order valence-electron chi connectivity index (χ2n) is 6.62. The van der Waals surface area contributed by atoms with Gasteiger partial charge in [0, 0.05) is 0 Å². The first kappa shape index (κ1) is 18.2. The Balaban J connectivity index is 2.73. The molecule has 0 aromatic carbocycles. The van der Waals surface area contributed by atoms with E-state index in [0.29, 0.717) is 19.4 Å². The number of carbonyl (C=O) groups is 1. The Morgan fingerprint density at radius 2 is 2.14 bits per heavy atom. The van der Waals surface area contributed by atoms with Gasteiger partial charge in [0.15, 0.2) is 0 Å². The largest absolute Gasteiger partial charge is 0.444 e. The van der Waals surface area contributed by atoms with Crippen molar-refractivity contribution in [2.75, 3.05) is 12.5 Å². The fraction of sp³-hybridized carbons (Fsp3) is 0.800. The third kappa shape index (κ3) is 5.47. The molecule has 0 radical (unpaired) electrons. The Kier molecular flexibility index (Phi) is 6.05. The molecule has 1 atom stereocenters. The summed E-state index contributed by atoms with van der Waals surface area (Å²) in [4.78, 5) is 14.0. The second kappa shape index (κ2) is 6.97. The normalized spacial score (nSPS) is 22.5. The van der Waals surface area contributed by atoms with Crippen LogP contribution < -0.4 is 0 Å². The summed E-state index contributed by atoms with van der Waals surface area (Å²) in [5.41, 5.74) is -1.29. The standard InChI is InChI=1S/C15H25ClFNO3/c1-14(2,3)21-13(19)18-12(10-20-15(18,4)5)8-6-7-11(17)9-16/h7,12H,6,8-10H2,1-5H3. The molecular formula is C15H25ClFNO3. The first-order chi connectivity index (χ1) is 9.57. The van der Waals surface area contributed by atoms with Crippen LogP contribution in [-0.4, -0.2) is 40.8 Å². The zero-order valence-electron chi connectivity index (χ0n) is 13.4. The lowest BCUT2D eigenvalue weighted by atomic mass is 10.1. The number of rotatable bonds is 4. The second-order valence-corrected chi connectivity index (χ2v) is 6.89. The molecule has 21 heavy (non-hydrogen) atoms. The Bertz CT molecular complexity index is 404. The molecule has 122 valence electrons. The Hall–Kier alpha value is -0.810. The van der Waals surface area contributed by atoms with Crippen molar-refractivity contribution < 1.29 is 18.7 Å². The Morgan fingerprint density at radius 3 is 2.67 bits per heavy atom. The van der Waals surface area contributed by atoms with Gasteiger partial charge in [-0.25, -0.2) is 9.18 Å². The molecule has 0 bridgehead atoms. The van der Waals surface area contributed by atoms with Crippen LogP contribution in [0.1, 0.15) is 47.5 Å². The van der Waals surface area contributed by atoms with E-state index in [1.165, 1.54) is 6.08 Å². The van der Waals surface area contributed by atoms with Gasteiger partial charge < -0.3 is 9.47 Å². The van der Waals surface area contributed by atoms with Gasteiger partial charge in [0.05, 0.1) is 18.5 Å². The summed E-state index contributed by atoms with van der Waals surface area (Å²) in [5.74, 6) is -0.471. The molecule has 0 spiro atoms. The molecule has 1 heterocycles. The van der Waals surface area contributed by atoms with Crippen molar-refractivity contribution in [3.63, 3.8) is 0 Å². The van der Waals surface area contributed by atoms with Gasteiger partial charge in [-0.2, -0.15) is 0 Å². The molecule has 0 aromatic heterocycles. The van der Waals surface area contributed by atoms with Crippen molar-refractivity contribution in [1.82, 2.24) is 4.90 Å². The first-order valence-electron chi connectivity index (χ1n) is 7.13. The molecule has 0 N–H and O–H groups in total. The number of halogens is 2. The quantitative estimate of drug-likeness (QED) is 0.727. The minimum atomic E-state index is -0.720. The molecule has 1 unspecified atom stereocenters. The lowest BCUT2D eigenvalue weighted by Gasteiger charge is -2.35. The van der Waals surface area contributed by atoms with Gasteiger partial charge in [0.1, 0.15) is 17.2 Å². The van der Waals surface area contributed by atoms with E-state index in [4.69, 9.17) is 21.1 Å². The van der Waals surface area contributed by atoms with Gasteiger partial charge in [-0.15, -0.1) is 11.6 Å².